The van der Waals surface area contributed by atoms with Gasteiger partial charge >= 0.3 is 0 Å². The molecule has 1 aliphatic heterocycles. The molecule has 0 aromatic heterocycles. The molecule has 4 heteroatoms. The van der Waals surface area contributed by atoms with Crippen molar-refractivity contribution in [2.75, 3.05) is 24.5 Å². The van der Waals surface area contributed by atoms with Crippen LogP contribution in [0.2, 0.25) is 0 Å². The first-order chi connectivity index (χ1) is 7.16. The van der Waals surface area contributed by atoms with Crippen molar-refractivity contribution >= 4 is 5.69 Å². The van der Waals surface area contributed by atoms with Gasteiger partial charge in [-0.3, -0.25) is 0 Å². The number of hydrogen-bond acceptors (Lipinski definition) is 2. The minimum atomic E-state index is -0.518. The summed E-state index contributed by atoms with van der Waals surface area (Å²) < 4.78 is 26.1. The lowest BCUT2D eigenvalue weighted by Gasteiger charge is -2.35. The van der Waals surface area contributed by atoms with Crippen molar-refractivity contribution in [3.8, 4) is 0 Å². The molecule has 1 aliphatic rings. The van der Waals surface area contributed by atoms with Gasteiger partial charge in [-0.1, -0.05) is 0 Å². The lowest BCUT2D eigenvalue weighted by Crippen LogP contribution is -2.50. The first kappa shape index (κ1) is 10.4. The van der Waals surface area contributed by atoms with E-state index in [4.69, 9.17) is 0 Å². The van der Waals surface area contributed by atoms with E-state index in [2.05, 4.69) is 5.32 Å². The standard InChI is InChI=1S/C11H14F2N2/c1-8-7-14-2-3-15(8)11-5-9(12)4-10(13)6-11/h4-6,8,14H,2-3,7H2,1H3. The van der Waals surface area contributed by atoms with Gasteiger partial charge in [0.2, 0.25) is 0 Å². The largest absolute Gasteiger partial charge is 0.366 e. The SMILES string of the molecule is CC1CNCCN1c1cc(F)cc(F)c1. The van der Waals surface area contributed by atoms with Crippen LogP contribution in [-0.4, -0.2) is 25.7 Å². The predicted octanol–water partition coefficient (Wildman–Crippen LogP) is 1.76. The Balaban J connectivity index is 2.27. The average Bonchev–Trinajstić information content (AvgIpc) is 2.16. The summed E-state index contributed by atoms with van der Waals surface area (Å²) in [5.74, 6) is -1.04. The molecule has 1 saturated heterocycles. The smallest absolute Gasteiger partial charge is 0.128 e. The Morgan fingerprint density at radius 1 is 1.27 bits per heavy atom. The van der Waals surface area contributed by atoms with E-state index in [-0.39, 0.29) is 6.04 Å². The summed E-state index contributed by atoms with van der Waals surface area (Å²) in [4.78, 5) is 2.02. The summed E-state index contributed by atoms with van der Waals surface area (Å²) in [7, 11) is 0. The van der Waals surface area contributed by atoms with Crippen molar-refractivity contribution in [3.63, 3.8) is 0 Å². The average molecular weight is 212 g/mol. The molecule has 0 spiro atoms. The quantitative estimate of drug-likeness (QED) is 0.763. The third kappa shape index (κ3) is 2.26. The summed E-state index contributed by atoms with van der Waals surface area (Å²) in [5.41, 5.74) is 0.626. The first-order valence-corrected chi connectivity index (χ1v) is 5.10. The summed E-state index contributed by atoms with van der Waals surface area (Å²) in [5, 5.41) is 3.23. The number of hydrogen-bond donors (Lipinski definition) is 1. The molecule has 82 valence electrons. The molecule has 1 aromatic carbocycles. The molecular formula is C11H14F2N2. The number of halogens is 2. The van der Waals surface area contributed by atoms with Crippen LogP contribution < -0.4 is 10.2 Å². The molecule has 1 aromatic rings. The third-order valence-corrected chi connectivity index (χ3v) is 2.68. The van der Waals surface area contributed by atoms with Gasteiger partial charge in [-0.25, -0.2) is 8.78 Å². The van der Waals surface area contributed by atoms with Crippen LogP contribution in [0, 0.1) is 11.6 Å². The molecule has 1 N–H and O–H groups in total. The number of rotatable bonds is 1. The van der Waals surface area contributed by atoms with Gasteiger partial charge in [0.15, 0.2) is 0 Å². The van der Waals surface area contributed by atoms with Gasteiger partial charge in [0, 0.05) is 37.4 Å². The highest BCUT2D eigenvalue weighted by atomic mass is 19.1. The minimum Gasteiger partial charge on any atom is -0.366 e. The van der Waals surface area contributed by atoms with Crippen LogP contribution in [0.1, 0.15) is 6.92 Å². The second kappa shape index (κ2) is 4.14. The Labute approximate surface area is 87.9 Å². The molecule has 1 heterocycles. The fourth-order valence-corrected chi connectivity index (χ4v) is 1.93. The maximum atomic E-state index is 13.0. The zero-order valence-corrected chi connectivity index (χ0v) is 8.63. The Bertz CT molecular complexity index is 334. The van der Waals surface area contributed by atoms with Crippen molar-refractivity contribution in [2.45, 2.75) is 13.0 Å². The fourth-order valence-electron chi connectivity index (χ4n) is 1.93. The highest BCUT2D eigenvalue weighted by molar-refractivity contribution is 5.48. The summed E-state index contributed by atoms with van der Waals surface area (Å²) in [6, 6.07) is 3.92. The molecule has 2 rings (SSSR count). The van der Waals surface area contributed by atoms with Crippen LogP contribution in [0.15, 0.2) is 18.2 Å². The number of nitrogens with one attached hydrogen (secondary N) is 1. The van der Waals surface area contributed by atoms with E-state index in [9.17, 15) is 8.78 Å². The summed E-state index contributed by atoms with van der Waals surface area (Å²) in [6.45, 7) is 4.51. The van der Waals surface area contributed by atoms with Gasteiger partial charge in [0.25, 0.3) is 0 Å². The van der Waals surface area contributed by atoms with Gasteiger partial charge in [0.1, 0.15) is 11.6 Å². The molecule has 15 heavy (non-hydrogen) atoms. The van der Waals surface area contributed by atoms with E-state index in [1.54, 1.807) is 0 Å². The van der Waals surface area contributed by atoms with E-state index < -0.39 is 11.6 Å². The highest BCUT2D eigenvalue weighted by Gasteiger charge is 2.19. The van der Waals surface area contributed by atoms with Crippen molar-refractivity contribution in [1.29, 1.82) is 0 Å². The molecule has 0 saturated carbocycles. The van der Waals surface area contributed by atoms with Gasteiger partial charge in [0.05, 0.1) is 0 Å². The van der Waals surface area contributed by atoms with Crippen molar-refractivity contribution in [2.24, 2.45) is 0 Å². The van der Waals surface area contributed by atoms with Crippen molar-refractivity contribution < 1.29 is 8.78 Å². The zero-order valence-electron chi connectivity index (χ0n) is 8.63. The molecule has 0 bridgehead atoms. The van der Waals surface area contributed by atoms with Gasteiger partial charge in [-0.15, -0.1) is 0 Å². The van der Waals surface area contributed by atoms with E-state index >= 15 is 0 Å². The number of piperazine rings is 1. The maximum absolute atomic E-state index is 13.0. The predicted molar refractivity (Wildman–Crippen MR) is 56.0 cm³/mol. The lowest BCUT2D eigenvalue weighted by molar-refractivity contribution is 0.497. The van der Waals surface area contributed by atoms with Gasteiger partial charge in [-0.2, -0.15) is 0 Å². The monoisotopic (exact) mass is 212 g/mol. The minimum absolute atomic E-state index is 0.264. The van der Waals surface area contributed by atoms with Crippen LogP contribution in [0.4, 0.5) is 14.5 Å². The second-order valence-electron chi connectivity index (χ2n) is 3.87. The molecule has 0 aliphatic carbocycles. The topological polar surface area (TPSA) is 15.3 Å². The Kier molecular flexibility index (Phi) is 2.86. The van der Waals surface area contributed by atoms with E-state index in [1.165, 1.54) is 12.1 Å². The van der Waals surface area contributed by atoms with E-state index in [0.29, 0.717) is 5.69 Å². The van der Waals surface area contributed by atoms with E-state index in [1.807, 2.05) is 11.8 Å². The van der Waals surface area contributed by atoms with Crippen LogP contribution >= 0.6 is 0 Å². The number of anilines is 1. The molecule has 0 amide bonds. The number of nitrogens with zero attached hydrogens (tertiary/aromatic N) is 1. The van der Waals surface area contributed by atoms with Crippen LogP contribution in [0.3, 0.4) is 0 Å². The molecular weight excluding hydrogens is 198 g/mol. The van der Waals surface area contributed by atoms with Gasteiger partial charge < -0.3 is 10.2 Å². The molecule has 0 radical (unpaired) electrons. The van der Waals surface area contributed by atoms with Crippen LogP contribution in [0.25, 0.3) is 0 Å². The third-order valence-electron chi connectivity index (χ3n) is 2.68. The molecule has 1 unspecified atom stereocenters. The lowest BCUT2D eigenvalue weighted by atomic mass is 10.1. The van der Waals surface area contributed by atoms with Crippen LogP contribution in [-0.2, 0) is 0 Å². The Morgan fingerprint density at radius 3 is 2.53 bits per heavy atom. The summed E-state index contributed by atoms with van der Waals surface area (Å²) in [6.07, 6.45) is 0. The summed E-state index contributed by atoms with van der Waals surface area (Å²) >= 11 is 0. The number of benzene rings is 1. The first-order valence-electron chi connectivity index (χ1n) is 5.10. The zero-order chi connectivity index (χ0) is 10.8. The molecule has 2 nitrogen and oxygen atoms in total. The fraction of sp³-hybridized carbons (Fsp3) is 0.455. The molecule has 1 atom stereocenters. The molecule has 1 fully saturated rings. The van der Waals surface area contributed by atoms with Gasteiger partial charge in [-0.05, 0) is 19.1 Å². The Morgan fingerprint density at radius 2 is 1.93 bits per heavy atom. The van der Waals surface area contributed by atoms with E-state index in [0.717, 1.165) is 25.7 Å². The highest BCUT2D eigenvalue weighted by Crippen LogP contribution is 2.20. The normalized spacial score (nSPS) is 21.8. The van der Waals surface area contributed by atoms with Crippen LogP contribution in [0.5, 0.6) is 0 Å². The van der Waals surface area contributed by atoms with Crippen molar-refractivity contribution in [1.82, 2.24) is 5.32 Å². The Hall–Kier alpha value is -1.16. The maximum Gasteiger partial charge on any atom is 0.128 e. The second-order valence-corrected chi connectivity index (χ2v) is 3.87. The van der Waals surface area contributed by atoms with Crippen molar-refractivity contribution in [3.05, 3.63) is 29.8 Å².